The molecule has 2 N–H and O–H groups in total. The summed E-state index contributed by atoms with van der Waals surface area (Å²) in [6.07, 6.45) is 2.09. The third-order valence-corrected chi connectivity index (χ3v) is 5.81. The molecule has 0 aromatic heterocycles. The molecule has 0 saturated carbocycles. The van der Waals surface area contributed by atoms with E-state index in [1.165, 1.54) is 17.7 Å². The molecule has 2 aliphatic rings. The standard InChI is InChI=1S/C23H28FN5O.HI/c24-19-7-9-20(10-8-19)27-14-16-28(17-15-27)23(25)26-12-3-6-22(30)29-13-11-18-4-1-2-5-21(18)29;/h1-2,4-5,7-10H,3,6,11-17H2,(H2,25,26);1H. The molecule has 0 aliphatic carbocycles. The van der Waals surface area contributed by atoms with Crippen molar-refractivity contribution in [1.82, 2.24) is 4.90 Å². The molecule has 0 unspecified atom stereocenters. The zero-order valence-electron chi connectivity index (χ0n) is 17.5. The highest BCUT2D eigenvalue weighted by Crippen LogP contribution is 2.28. The van der Waals surface area contributed by atoms with Gasteiger partial charge >= 0.3 is 0 Å². The summed E-state index contributed by atoms with van der Waals surface area (Å²) in [5, 5.41) is 0. The second-order valence-corrected chi connectivity index (χ2v) is 7.72. The average molecular weight is 537 g/mol. The summed E-state index contributed by atoms with van der Waals surface area (Å²) < 4.78 is 13.1. The molecular weight excluding hydrogens is 508 g/mol. The maximum absolute atomic E-state index is 13.1. The molecule has 2 aromatic rings. The minimum atomic E-state index is -0.221. The topological polar surface area (TPSA) is 65.2 Å². The van der Waals surface area contributed by atoms with Crippen LogP contribution < -0.4 is 15.5 Å². The van der Waals surface area contributed by atoms with E-state index in [0.717, 1.165) is 50.5 Å². The zero-order valence-corrected chi connectivity index (χ0v) is 19.9. The number of piperazine rings is 1. The van der Waals surface area contributed by atoms with Crippen LogP contribution >= 0.6 is 24.0 Å². The van der Waals surface area contributed by atoms with Crippen LogP contribution in [-0.4, -0.2) is 56.0 Å². The molecule has 1 saturated heterocycles. The first-order valence-electron chi connectivity index (χ1n) is 10.6. The molecule has 166 valence electrons. The fraction of sp³-hybridized carbons (Fsp3) is 0.391. The molecule has 0 bridgehead atoms. The highest BCUT2D eigenvalue weighted by Gasteiger charge is 2.23. The normalized spacial score (nSPS) is 16.2. The van der Waals surface area contributed by atoms with Gasteiger partial charge in [0.2, 0.25) is 5.91 Å². The van der Waals surface area contributed by atoms with Crippen molar-refractivity contribution < 1.29 is 9.18 Å². The van der Waals surface area contributed by atoms with E-state index in [9.17, 15) is 9.18 Å². The number of guanidine groups is 1. The fourth-order valence-electron chi connectivity index (χ4n) is 4.10. The molecule has 4 rings (SSSR count). The van der Waals surface area contributed by atoms with Crippen molar-refractivity contribution in [2.75, 3.05) is 49.1 Å². The number of para-hydroxylation sites is 1. The summed E-state index contributed by atoms with van der Waals surface area (Å²) in [7, 11) is 0. The van der Waals surface area contributed by atoms with Gasteiger partial charge in [0.05, 0.1) is 0 Å². The monoisotopic (exact) mass is 537 g/mol. The lowest BCUT2D eigenvalue weighted by Gasteiger charge is -2.36. The third-order valence-electron chi connectivity index (χ3n) is 5.81. The first kappa shape index (κ1) is 23.3. The molecule has 0 spiro atoms. The number of anilines is 2. The first-order chi connectivity index (χ1) is 14.6. The number of nitrogens with zero attached hydrogens (tertiary/aromatic N) is 4. The van der Waals surface area contributed by atoms with Gasteiger partial charge in [-0.2, -0.15) is 0 Å². The van der Waals surface area contributed by atoms with Gasteiger partial charge in [0, 0.05) is 57.1 Å². The highest BCUT2D eigenvalue weighted by atomic mass is 127. The Morgan fingerprint density at radius 1 is 1.00 bits per heavy atom. The van der Waals surface area contributed by atoms with E-state index in [4.69, 9.17) is 5.73 Å². The number of rotatable bonds is 5. The highest BCUT2D eigenvalue weighted by molar-refractivity contribution is 14.0. The number of aliphatic imine (C=N–C) groups is 1. The van der Waals surface area contributed by atoms with Crippen LogP contribution in [0.2, 0.25) is 0 Å². The second kappa shape index (κ2) is 10.8. The van der Waals surface area contributed by atoms with E-state index >= 15 is 0 Å². The lowest BCUT2D eigenvalue weighted by Crippen LogP contribution is -2.51. The van der Waals surface area contributed by atoms with Crippen LogP contribution in [0, 0.1) is 5.82 Å². The number of benzene rings is 2. The number of fused-ring (bicyclic) bond motifs is 1. The van der Waals surface area contributed by atoms with Crippen molar-refractivity contribution >= 4 is 47.2 Å². The molecule has 1 fully saturated rings. The van der Waals surface area contributed by atoms with Crippen LogP contribution in [0.5, 0.6) is 0 Å². The maximum Gasteiger partial charge on any atom is 0.227 e. The van der Waals surface area contributed by atoms with Gasteiger partial charge < -0.3 is 20.4 Å². The Kier molecular flexibility index (Phi) is 8.11. The molecule has 2 aromatic carbocycles. The van der Waals surface area contributed by atoms with Crippen LogP contribution in [0.4, 0.5) is 15.8 Å². The summed E-state index contributed by atoms with van der Waals surface area (Å²) in [5.74, 6) is 0.468. The van der Waals surface area contributed by atoms with Gasteiger partial charge in [-0.3, -0.25) is 9.79 Å². The largest absolute Gasteiger partial charge is 0.370 e. The molecule has 0 radical (unpaired) electrons. The molecule has 8 heteroatoms. The lowest BCUT2D eigenvalue weighted by molar-refractivity contribution is -0.118. The van der Waals surface area contributed by atoms with Gasteiger partial charge in [0.25, 0.3) is 0 Å². The van der Waals surface area contributed by atoms with Crippen LogP contribution in [0.3, 0.4) is 0 Å². The van der Waals surface area contributed by atoms with Crippen LogP contribution in [0.25, 0.3) is 0 Å². The van der Waals surface area contributed by atoms with Gasteiger partial charge in [-0.05, 0) is 48.7 Å². The lowest BCUT2D eigenvalue weighted by atomic mass is 10.2. The minimum Gasteiger partial charge on any atom is -0.370 e. The van der Waals surface area contributed by atoms with Crippen molar-refractivity contribution in [3.05, 3.63) is 59.9 Å². The average Bonchev–Trinajstić information content (AvgIpc) is 3.21. The quantitative estimate of drug-likeness (QED) is 0.276. The van der Waals surface area contributed by atoms with Crippen LogP contribution in [-0.2, 0) is 11.2 Å². The van der Waals surface area contributed by atoms with Crippen molar-refractivity contribution in [2.45, 2.75) is 19.3 Å². The second-order valence-electron chi connectivity index (χ2n) is 7.72. The van der Waals surface area contributed by atoms with Gasteiger partial charge in [-0.1, -0.05) is 18.2 Å². The molecule has 2 heterocycles. The number of hydrogen-bond acceptors (Lipinski definition) is 3. The van der Waals surface area contributed by atoms with Crippen molar-refractivity contribution in [3.8, 4) is 0 Å². The fourth-order valence-corrected chi connectivity index (χ4v) is 4.10. The SMILES string of the molecule is I.NC(=NCCCC(=O)N1CCc2ccccc21)N1CCN(c2ccc(F)cc2)CC1. The van der Waals surface area contributed by atoms with E-state index in [1.54, 1.807) is 12.1 Å². The summed E-state index contributed by atoms with van der Waals surface area (Å²) in [5.41, 5.74) is 9.48. The molecule has 6 nitrogen and oxygen atoms in total. The van der Waals surface area contributed by atoms with E-state index in [2.05, 4.69) is 20.9 Å². The third kappa shape index (κ3) is 5.66. The van der Waals surface area contributed by atoms with Crippen molar-refractivity contribution in [3.63, 3.8) is 0 Å². The van der Waals surface area contributed by atoms with Gasteiger partial charge in [0.1, 0.15) is 5.82 Å². The number of carbonyl (C=O) groups excluding carboxylic acids is 1. The molecule has 31 heavy (non-hydrogen) atoms. The zero-order chi connectivity index (χ0) is 20.9. The van der Waals surface area contributed by atoms with Crippen LogP contribution in [0.15, 0.2) is 53.5 Å². The number of amides is 1. The van der Waals surface area contributed by atoms with E-state index in [-0.39, 0.29) is 35.7 Å². The first-order valence-corrected chi connectivity index (χ1v) is 10.6. The van der Waals surface area contributed by atoms with Crippen molar-refractivity contribution in [2.24, 2.45) is 10.7 Å². The minimum absolute atomic E-state index is 0. The molecule has 2 aliphatic heterocycles. The van der Waals surface area contributed by atoms with E-state index < -0.39 is 0 Å². The predicted octanol–water partition coefficient (Wildman–Crippen LogP) is 3.25. The van der Waals surface area contributed by atoms with Crippen LogP contribution in [0.1, 0.15) is 18.4 Å². The number of halogens is 2. The Bertz CT molecular complexity index is 912. The Balaban J connectivity index is 0.00000272. The maximum atomic E-state index is 13.1. The smallest absolute Gasteiger partial charge is 0.227 e. The van der Waals surface area contributed by atoms with E-state index in [1.807, 2.05) is 23.1 Å². The number of carbonyl (C=O) groups is 1. The Morgan fingerprint density at radius 3 is 2.45 bits per heavy atom. The Morgan fingerprint density at radius 2 is 1.71 bits per heavy atom. The molecule has 0 atom stereocenters. The van der Waals surface area contributed by atoms with Gasteiger partial charge in [0.15, 0.2) is 5.96 Å². The Labute approximate surface area is 199 Å². The Hall–Kier alpha value is -2.36. The van der Waals surface area contributed by atoms with E-state index in [0.29, 0.717) is 25.3 Å². The summed E-state index contributed by atoms with van der Waals surface area (Å²) in [6, 6.07) is 14.7. The number of hydrogen-bond donors (Lipinski definition) is 1. The molecule has 1 amide bonds. The summed E-state index contributed by atoms with van der Waals surface area (Å²) in [6.45, 7) is 4.49. The summed E-state index contributed by atoms with van der Waals surface area (Å²) >= 11 is 0. The number of nitrogens with two attached hydrogens (primary N) is 1. The predicted molar refractivity (Wildman–Crippen MR) is 134 cm³/mol. The van der Waals surface area contributed by atoms with Gasteiger partial charge in [-0.25, -0.2) is 4.39 Å². The molecular formula is C23H29FIN5O. The van der Waals surface area contributed by atoms with Crippen molar-refractivity contribution in [1.29, 1.82) is 0 Å². The van der Waals surface area contributed by atoms with Gasteiger partial charge in [-0.15, -0.1) is 24.0 Å². The summed E-state index contributed by atoms with van der Waals surface area (Å²) in [4.78, 5) is 23.2.